The molecule has 2 unspecified atom stereocenters. The van der Waals surface area contributed by atoms with E-state index in [9.17, 15) is 0 Å². The van der Waals surface area contributed by atoms with Gasteiger partial charge in [-0.2, -0.15) is 0 Å². The summed E-state index contributed by atoms with van der Waals surface area (Å²) >= 11 is 1.67. The summed E-state index contributed by atoms with van der Waals surface area (Å²) < 4.78 is 11.9. The zero-order valence-corrected chi connectivity index (χ0v) is 12.6. The molecule has 1 aliphatic heterocycles. The van der Waals surface area contributed by atoms with Gasteiger partial charge in [0.15, 0.2) is 11.5 Å². The van der Waals surface area contributed by atoms with Crippen LogP contribution in [0.25, 0.3) is 0 Å². The van der Waals surface area contributed by atoms with Gasteiger partial charge in [0, 0.05) is 11.3 Å². The van der Waals surface area contributed by atoms with Crippen LogP contribution in [0.1, 0.15) is 28.5 Å². The molecule has 0 aliphatic carbocycles. The van der Waals surface area contributed by atoms with Gasteiger partial charge < -0.3 is 15.2 Å². The summed E-state index contributed by atoms with van der Waals surface area (Å²) in [5.74, 6) is 1.64. The van der Waals surface area contributed by atoms with Crippen molar-refractivity contribution in [2.45, 2.75) is 32.4 Å². The summed E-state index contributed by atoms with van der Waals surface area (Å²) in [6.45, 7) is 4.80. The van der Waals surface area contributed by atoms with E-state index in [4.69, 9.17) is 15.2 Å². The smallest absolute Gasteiger partial charge is 0.161 e. The van der Waals surface area contributed by atoms with E-state index in [0.717, 1.165) is 22.8 Å². The standard InChI is InChI=1S/C16H19NO2S/c1-10-8-13-14(9-11(10)2)19-12(5-6-18-13)16(17)15-4-3-7-20-15/h3-4,7-9,12,16H,5-6,17H2,1-2H3. The van der Waals surface area contributed by atoms with E-state index in [1.165, 1.54) is 11.1 Å². The Kier molecular flexibility index (Phi) is 3.68. The first-order valence-corrected chi connectivity index (χ1v) is 7.73. The highest BCUT2D eigenvalue weighted by Gasteiger charge is 2.26. The van der Waals surface area contributed by atoms with E-state index in [0.29, 0.717) is 6.61 Å². The molecule has 2 atom stereocenters. The van der Waals surface area contributed by atoms with Gasteiger partial charge in [-0.3, -0.25) is 0 Å². The minimum atomic E-state index is -0.105. The molecule has 3 rings (SSSR count). The van der Waals surface area contributed by atoms with Crippen LogP contribution in [0.15, 0.2) is 29.6 Å². The van der Waals surface area contributed by atoms with E-state index in [-0.39, 0.29) is 12.1 Å². The normalized spacial score (nSPS) is 19.4. The lowest BCUT2D eigenvalue weighted by molar-refractivity contribution is 0.163. The number of thiophene rings is 1. The minimum absolute atomic E-state index is 0.0444. The fourth-order valence-corrected chi connectivity index (χ4v) is 3.17. The second-order valence-electron chi connectivity index (χ2n) is 5.22. The summed E-state index contributed by atoms with van der Waals surface area (Å²) in [4.78, 5) is 1.15. The van der Waals surface area contributed by atoms with Crippen molar-refractivity contribution in [2.24, 2.45) is 5.73 Å². The Morgan fingerprint density at radius 1 is 1.25 bits per heavy atom. The molecule has 0 saturated heterocycles. The molecular formula is C16H19NO2S. The van der Waals surface area contributed by atoms with Crippen LogP contribution in [0.2, 0.25) is 0 Å². The minimum Gasteiger partial charge on any atom is -0.490 e. The molecule has 2 N–H and O–H groups in total. The zero-order valence-electron chi connectivity index (χ0n) is 11.8. The summed E-state index contributed by atoms with van der Waals surface area (Å²) in [6.07, 6.45) is 0.753. The van der Waals surface area contributed by atoms with E-state index in [1.807, 2.05) is 23.6 Å². The highest BCUT2D eigenvalue weighted by molar-refractivity contribution is 7.10. The van der Waals surface area contributed by atoms with Gasteiger partial charge in [-0.15, -0.1) is 11.3 Å². The first-order valence-electron chi connectivity index (χ1n) is 6.85. The Labute approximate surface area is 123 Å². The molecule has 1 aromatic heterocycles. The summed E-state index contributed by atoms with van der Waals surface area (Å²) in [6, 6.07) is 8.07. The highest BCUT2D eigenvalue weighted by atomic mass is 32.1. The number of benzene rings is 1. The largest absolute Gasteiger partial charge is 0.490 e. The Balaban J connectivity index is 1.87. The Morgan fingerprint density at radius 2 is 2.00 bits per heavy atom. The van der Waals surface area contributed by atoms with Crippen LogP contribution in [0.4, 0.5) is 0 Å². The number of hydrogen-bond acceptors (Lipinski definition) is 4. The number of nitrogens with two attached hydrogens (primary N) is 1. The van der Waals surface area contributed by atoms with Gasteiger partial charge in [0.2, 0.25) is 0 Å². The van der Waals surface area contributed by atoms with Crippen molar-refractivity contribution in [3.05, 3.63) is 45.6 Å². The van der Waals surface area contributed by atoms with E-state index in [1.54, 1.807) is 11.3 Å². The first kappa shape index (κ1) is 13.5. The van der Waals surface area contributed by atoms with Crippen molar-refractivity contribution in [3.8, 4) is 11.5 Å². The second kappa shape index (κ2) is 5.46. The lowest BCUT2D eigenvalue weighted by Gasteiger charge is -2.22. The van der Waals surface area contributed by atoms with Gasteiger partial charge in [-0.05, 0) is 48.6 Å². The molecule has 3 nitrogen and oxygen atoms in total. The number of hydrogen-bond donors (Lipinski definition) is 1. The van der Waals surface area contributed by atoms with Crippen LogP contribution in [-0.4, -0.2) is 12.7 Å². The fourth-order valence-electron chi connectivity index (χ4n) is 2.39. The SMILES string of the molecule is Cc1cc2c(cc1C)OC(C(N)c1cccs1)CCO2. The van der Waals surface area contributed by atoms with Gasteiger partial charge in [-0.25, -0.2) is 0 Å². The molecule has 0 bridgehead atoms. The Morgan fingerprint density at radius 3 is 2.70 bits per heavy atom. The van der Waals surface area contributed by atoms with Crippen molar-refractivity contribution >= 4 is 11.3 Å². The molecule has 0 fully saturated rings. The molecule has 1 aliphatic rings. The zero-order chi connectivity index (χ0) is 14.1. The van der Waals surface area contributed by atoms with Gasteiger partial charge in [-0.1, -0.05) is 6.07 Å². The van der Waals surface area contributed by atoms with Crippen LogP contribution < -0.4 is 15.2 Å². The molecule has 20 heavy (non-hydrogen) atoms. The maximum absolute atomic E-state index is 6.34. The lowest BCUT2D eigenvalue weighted by Crippen LogP contribution is -2.31. The topological polar surface area (TPSA) is 44.5 Å². The third-order valence-corrected chi connectivity index (χ3v) is 4.74. The highest BCUT2D eigenvalue weighted by Crippen LogP contribution is 2.36. The number of aryl methyl sites for hydroxylation is 2. The predicted octanol–water partition coefficient (Wildman–Crippen LogP) is 3.59. The van der Waals surface area contributed by atoms with Crippen molar-refractivity contribution in [1.82, 2.24) is 0 Å². The molecule has 2 aromatic rings. The molecule has 0 amide bonds. The van der Waals surface area contributed by atoms with Crippen LogP contribution >= 0.6 is 11.3 Å². The second-order valence-corrected chi connectivity index (χ2v) is 6.20. The monoisotopic (exact) mass is 289 g/mol. The van der Waals surface area contributed by atoms with E-state index < -0.39 is 0 Å². The quantitative estimate of drug-likeness (QED) is 0.918. The molecule has 106 valence electrons. The number of fused-ring (bicyclic) bond motifs is 1. The van der Waals surface area contributed by atoms with Gasteiger partial charge in [0.1, 0.15) is 6.10 Å². The van der Waals surface area contributed by atoms with Crippen molar-refractivity contribution < 1.29 is 9.47 Å². The number of rotatable bonds is 2. The third-order valence-electron chi connectivity index (χ3n) is 3.77. The fraction of sp³-hybridized carbons (Fsp3) is 0.375. The molecule has 0 spiro atoms. The maximum Gasteiger partial charge on any atom is 0.161 e. The Hall–Kier alpha value is -1.52. The molecule has 4 heteroatoms. The predicted molar refractivity (Wildman–Crippen MR) is 81.7 cm³/mol. The molecule has 0 saturated carbocycles. The summed E-state index contributed by atoms with van der Waals surface area (Å²) in [7, 11) is 0. The Bertz CT molecular complexity index is 595. The lowest BCUT2D eigenvalue weighted by atomic mass is 10.1. The van der Waals surface area contributed by atoms with Gasteiger partial charge >= 0.3 is 0 Å². The summed E-state index contributed by atoms with van der Waals surface area (Å²) in [5.41, 5.74) is 8.76. The molecule has 2 heterocycles. The van der Waals surface area contributed by atoms with Crippen LogP contribution in [0, 0.1) is 13.8 Å². The van der Waals surface area contributed by atoms with Crippen molar-refractivity contribution in [1.29, 1.82) is 0 Å². The maximum atomic E-state index is 6.34. The molecule has 0 radical (unpaired) electrons. The first-order chi connectivity index (χ1) is 9.65. The molecular weight excluding hydrogens is 270 g/mol. The molecule has 1 aromatic carbocycles. The van der Waals surface area contributed by atoms with Crippen molar-refractivity contribution in [2.75, 3.05) is 6.61 Å². The van der Waals surface area contributed by atoms with Gasteiger partial charge in [0.05, 0.1) is 12.6 Å². The van der Waals surface area contributed by atoms with Crippen LogP contribution in [-0.2, 0) is 0 Å². The van der Waals surface area contributed by atoms with Crippen molar-refractivity contribution in [3.63, 3.8) is 0 Å². The van der Waals surface area contributed by atoms with Crippen LogP contribution in [0.5, 0.6) is 11.5 Å². The average Bonchev–Trinajstić information content (AvgIpc) is 2.88. The van der Waals surface area contributed by atoms with Crippen LogP contribution in [0.3, 0.4) is 0 Å². The number of ether oxygens (including phenoxy) is 2. The van der Waals surface area contributed by atoms with Gasteiger partial charge in [0.25, 0.3) is 0 Å². The third kappa shape index (κ3) is 2.53. The average molecular weight is 289 g/mol. The summed E-state index contributed by atoms with van der Waals surface area (Å²) in [5, 5.41) is 2.05. The van der Waals surface area contributed by atoms with E-state index >= 15 is 0 Å². The van der Waals surface area contributed by atoms with E-state index in [2.05, 4.69) is 19.9 Å².